The van der Waals surface area contributed by atoms with Gasteiger partial charge in [-0.25, -0.2) is 4.39 Å². The topological polar surface area (TPSA) is 20.3 Å². The summed E-state index contributed by atoms with van der Waals surface area (Å²) in [7, 11) is 0. The van der Waals surface area contributed by atoms with Crippen LogP contribution in [0.1, 0.15) is 12.8 Å². The Morgan fingerprint density at radius 1 is 1.20 bits per heavy atom. The first-order valence-corrected chi connectivity index (χ1v) is 5.25. The van der Waals surface area contributed by atoms with E-state index in [0.29, 0.717) is 0 Å². The Labute approximate surface area is 88.7 Å². The van der Waals surface area contributed by atoms with Crippen LogP contribution in [0.4, 0.5) is 10.1 Å². The van der Waals surface area contributed by atoms with E-state index in [9.17, 15) is 9.18 Å². The highest BCUT2D eigenvalue weighted by molar-refractivity contribution is 5.55. The molecule has 3 heteroatoms. The molecule has 0 bridgehead atoms. The number of hydrogen-bond donors (Lipinski definition) is 0. The number of benzene rings is 1. The highest BCUT2D eigenvalue weighted by Gasteiger charge is 2.18. The van der Waals surface area contributed by atoms with Crippen molar-refractivity contribution in [2.24, 2.45) is 5.92 Å². The molecule has 1 aliphatic heterocycles. The number of halogens is 1. The number of nitrogens with zero attached hydrogens (tertiary/aromatic N) is 1. The van der Waals surface area contributed by atoms with Crippen molar-refractivity contribution in [3.8, 4) is 0 Å². The fraction of sp³-hybridized carbons (Fsp3) is 0.417. The van der Waals surface area contributed by atoms with Crippen molar-refractivity contribution >= 4 is 12.0 Å². The molecule has 2 nitrogen and oxygen atoms in total. The van der Waals surface area contributed by atoms with Crippen molar-refractivity contribution in [2.75, 3.05) is 18.0 Å². The molecule has 1 aliphatic rings. The third kappa shape index (κ3) is 2.35. The minimum atomic E-state index is -0.207. The van der Waals surface area contributed by atoms with Gasteiger partial charge in [-0.15, -0.1) is 0 Å². The van der Waals surface area contributed by atoms with Gasteiger partial charge in [-0.3, -0.25) is 0 Å². The van der Waals surface area contributed by atoms with E-state index < -0.39 is 0 Å². The van der Waals surface area contributed by atoms with Gasteiger partial charge in [0.25, 0.3) is 0 Å². The lowest BCUT2D eigenvalue weighted by Crippen LogP contribution is -2.33. The van der Waals surface area contributed by atoms with Crippen LogP contribution in [0.3, 0.4) is 0 Å². The van der Waals surface area contributed by atoms with Gasteiger partial charge in [0, 0.05) is 24.7 Å². The van der Waals surface area contributed by atoms with Crippen molar-refractivity contribution < 1.29 is 9.18 Å². The van der Waals surface area contributed by atoms with Gasteiger partial charge in [0.05, 0.1) is 0 Å². The summed E-state index contributed by atoms with van der Waals surface area (Å²) in [5.41, 5.74) is 1.04. The molecule has 0 spiro atoms. The van der Waals surface area contributed by atoms with Crippen LogP contribution >= 0.6 is 0 Å². The SMILES string of the molecule is O=CC1CCN(c2ccc(F)cc2)CC1. The van der Waals surface area contributed by atoms with Crippen LogP contribution in [0, 0.1) is 11.7 Å². The third-order valence-corrected chi connectivity index (χ3v) is 2.92. The zero-order valence-corrected chi connectivity index (χ0v) is 8.53. The molecule has 0 N–H and O–H groups in total. The van der Waals surface area contributed by atoms with Gasteiger partial charge in [0.15, 0.2) is 0 Å². The van der Waals surface area contributed by atoms with Crippen molar-refractivity contribution in [3.63, 3.8) is 0 Å². The maximum Gasteiger partial charge on any atom is 0.123 e. The smallest absolute Gasteiger partial charge is 0.123 e. The van der Waals surface area contributed by atoms with Gasteiger partial charge in [0.2, 0.25) is 0 Å². The normalized spacial score (nSPS) is 17.8. The van der Waals surface area contributed by atoms with Crippen LogP contribution in [0.2, 0.25) is 0 Å². The zero-order valence-electron chi connectivity index (χ0n) is 8.53. The summed E-state index contributed by atoms with van der Waals surface area (Å²) in [5, 5.41) is 0. The van der Waals surface area contributed by atoms with E-state index in [1.54, 1.807) is 12.1 Å². The molecule has 0 aromatic heterocycles. The molecular weight excluding hydrogens is 193 g/mol. The first kappa shape index (κ1) is 10.1. The lowest BCUT2D eigenvalue weighted by Gasteiger charge is -2.31. The van der Waals surface area contributed by atoms with Crippen molar-refractivity contribution in [2.45, 2.75) is 12.8 Å². The van der Waals surface area contributed by atoms with Crippen LogP contribution < -0.4 is 4.90 Å². The molecule has 0 aliphatic carbocycles. The maximum absolute atomic E-state index is 12.7. The summed E-state index contributed by atoms with van der Waals surface area (Å²) in [5.74, 6) is 0.00299. The second kappa shape index (κ2) is 4.43. The average molecular weight is 207 g/mol. The monoisotopic (exact) mass is 207 g/mol. The fourth-order valence-electron chi connectivity index (χ4n) is 1.95. The minimum absolute atomic E-state index is 0.207. The lowest BCUT2D eigenvalue weighted by molar-refractivity contribution is -0.111. The standard InChI is InChI=1S/C12H14FNO/c13-11-1-3-12(4-2-11)14-7-5-10(9-15)6-8-14/h1-4,9-10H,5-8H2. The molecule has 0 atom stereocenters. The van der Waals surface area contributed by atoms with Gasteiger partial charge in [-0.2, -0.15) is 0 Å². The highest BCUT2D eigenvalue weighted by atomic mass is 19.1. The predicted molar refractivity (Wildman–Crippen MR) is 57.4 cm³/mol. The summed E-state index contributed by atoms with van der Waals surface area (Å²) in [6.07, 6.45) is 2.85. The molecule has 15 heavy (non-hydrogen) atoms. The molecule has 1 fully saturated rings. The third-order valence-electron chi connectivity index (χ3n) is 2.92. The summed E-state index contributed by atoms with van der Waals surface area (Å²) < 4.78 is 12.7. The Bertz CT molecular complexity index is 328. The Balaban J connectivity index is 2.01. The molecule has 0 saturated carbocycles. The van der Waals surface area contributed by atoms with Crippen LogP contribution in [0.25, 0.3) is 0 Å². The number of carbonyl (C=O) groups excluding carboxylic acids is 1. The quantitative estimate of drug-likeness (QED) is 0.693. The molecule has 0 amide bonds. The van der Waals surface area contributed by atoms with Gasteiger partial charge in [-0.05, 0) is 37.1 Å². The van der Waals surface area contributed by atoms with E-state index >= 15 is 0 Å². The van der Waals surface area contributed by atoms with Crippen molar-refractivity contribution in [1.29, 1.82) is 0 Å². The summed E-state index contributed by atoms with van der Waals surface area (Å²) in [4.78, 5) is 12.8. The van der Waals surface area contributed by atoms with E-state index in [-0.39, 0.29) is 11.7 Å². The van der Waals surface area contributed by atoms with Crippen molar-refractivity contribution in [1.82, 2.24) is 0 Å². The van der Waals surface area contributed by atoms with E-state index in [0.717, 1.165) is 37.9 Å². The molecule has 1 aromatic rings. The van der Waals surface area contributed by atoms with Crippen LogP contribution in [-0.2, 0) is 4.79 Å². The largest absolute Gasteiger partial charge is 0.371 e. The summed E-state index contributed by atoms with van der Waals surface area (Å²) >= 11 is 0. The number of carbonyl (C=O) groups is 1. The Kier molecular flexibility index (Phi) is 2.99. The second-order valence-electron chi connectivity index (χ2n) is 3.94. The molecule has 1 saturated heterocycles. The van der Waals surface area contributed by atoms with Gasteiger partial charge in [-0.1, -0.05) is 0 Å². The Hall–Kier alpha value is -1.38. The molecule has 0 radical (unpaired) electrons. The molecule has 1 heterocycles. The second-order valence-corrected chi connectivity index (χ2v) is 3.94. The Morgan fingerprint density at radius 2 is 1.80 bits per heavy atom. The number of rotatable bonds is 2. The average Bonchev–Trinajstić information content (AvgIpc) is 2.30. The minimum Gasteiger partial charge on any atom is -0.371 e. The number of hydrogen-bond acceptors (Lipinski definition) is 2. The number of anilines is 1. The van der Waals surface area contributed by atoms with Gasteiger partial charge >= 0.3 is 0 Å². The molecule has 0 unspecified atom stereocenters. The molecule has 80 valence electrons. The lowest BCUT2D eigenvalue weighted by atomic mass is 9.98. The summed E-state index contributed by atoms with van der Waals surface area (Å²) in [6.45, 7) is 1.77. The van der Waals surface area contributed by atoms with Crippen molar-refractivity contribution in [3.05, 3.63) is 30.1 Å². The molecule has 1 aromatic carbocycles. The van der Waals surface area contributed by atoms with E-state index in [4.69, 9.17) is 0 Å². The maximum atomic E-state index is 12.7. The first-order valence-electron chi connectivity index (χ1n) is 5.25. The van der Waals surface area contributed by atoms with Gasteiger partial charge < -0.3 is 9.69 Å². The number of aldehydes is 1. The van der Waals surface area contributed by atoms with E-state index in [1.807, 2.05) is 0 Å². The predicted octanol–water partition coefficient (Wildman–Crippen LogP) is 2.24. The van der Waals surface area contributed by atoms with Gasteiger partial charge in [0.1, 0.15) is 12.1 Å². The number of piperidine rings is 1. The molecular formula is C12H14FNO. The fourth-order valence-corrected chi connectivity index (χ4v) is 1.95. The highest BCUT2D eigenvalue weighted by Crippen LogP contribution is 2.22. The first-order chi connectivity index (χ1) is 7.29. The van der Waals surface area contributed by atoms with Crippen LogP contribution in [0.15, 0.2) is 24.3 Å². The zero-order chi connectivity index (χ0) is 10.7. The van der Waals surface area contributed by atoms with Crippen LogP contribution in [-0.4, -0.2) is 19.4 Å². The Morgan fingerprint density at radius 3 is 2.33 bits per heavy atom. The molecule has 2 rings (SSSR count). The van der Waals surface area contributed by atoms with Crippen LogP contribution in [0.5, 0.6) is 0 Å². The van der Waals surface area contributed by atoms with E-state index in [1.165, 1.54) is 12.1 Å². The van der Waals surface area contributed by atoms with E-state index in [2.05, 4.69) is 4.90 Å². The summed E-state index contributed by atoms with van der Waals surface area (Å²) in [6, 6.07) is 6.52.